The monoisotopic (exact) mass is 302 g/mol. The SMILES string of the molecule is CN=C(NCCCOCCOC)NCCN1CCOCC1. The average Bonchev–Trinajstić information content (AvgIpc) is 2.53. The molecule has 1 saturated heterocycles. The zero-order chi connectivity index (χ0) is 15.2. The van der Waals surface area contributed by atoms with Gasteiger partial charge in [0.05, 0.1) is 26.4 Å². The molecule has 0 aromatic heterocycles. The van der Waals surface area contributed by atoms with Crippen LogP contribution in [0.5, 0.6) is 0 Å². The van der Waals surface area contributed by atoms with E-state index in [4.69, 9.17) is 14.2 Å². The maximum Gasteiger partial charge on any atom is 0.191 e. The van der Waals surface area contributed by atoms with Crippen molar-refractivity contribution in [3.8, 4) is 0 Å². The average molecular weight is 302 g/mol. The molecule has 1 rings (SSSR count). The van der Waals surface area contributed by atoms with Gasteiger partial charge < -0.3 is 24.8 Å². The van der Waals surface area contributed by atoms with Crippen molar-refractivity contribution in [1.29, 1.82) is 0 Å². The van der Waals surface area contributed by atoms with Crippen molar-refractivity contribution in [2.45, 2.75) is 6.42 Å². The number of hydrogen-bond acceptors (Lipinski definition) is 5. The van der Waals surface area contributed by atoms with Crippen LogP contribution in [-0.4, -0.2) is 90.8 Å². The van der Waals surface area contributed by atoms with Gasteiger partial charge in [0, 0.05) is 53.5 Å². The molecule has 0 spiro atoms. The molecule has 124 valence electrons. The van der Waals surface area contributed by atoms with Crippen molar-refractivity contribution in [2.75, 3.05) is 79.9 Å². The number of aliphatic imine (C=N–C) groups is 1. The first kappa shape index (κ1) is 18.2. The van der Waals surface area contributed by atoms with Crippen LogP contribution in [0.4, 0.5) is 0 Å². The third kappa shape index (κ3) is 9.62. The second-order valence-electron chi connectivity index (χ2n) is 4.84. The molecule has 7 nitrogen and oxygen atoms in total. The molecule has 0 unspecified atom stereocenters. The highest BCUT2D eigenvalue weighted by Crippen LogP contribution is 1.94. The Morgan fingerprint density at radius 3 is 2.62 bits per heavy atom. The quantitative estimate of drug-likeness (QED) is 0.323. The van der Waals surface area contributed by atoms with E-state index in [1.54, 1.807) is 14.2 Å². The summed E-state index contributed by atoms with van der Waals surface area (Å²) in [5.41, 5.74) is 0. The van der Waals surface area contributed by atoms with Crippen LogP contribution < -0.4 is 10.6 Å². The summed E-state index contributed by atoms with van der Waals surface area (Å²) < 4.78 is 15.7. The van der Waals surface area contributed by atoms with Crippen LogP contribution in [0.25, 0.3) is 0 Å². The minimum Gasteiger partial charge on any atom is -0.382 e. The highest BCUT2D eigenvalue weighted by Gasteiger charge is 2.09. The third-order valence-corrected chi connectivity index (χ3v) is 3.24. The molecule has 0 saturated carbocycles. The number of nitrogens with zero attached hydrogens (tertiary/aromatic N) is 2. The number of morpholine rings is 1. The lowest BCUT2D eigenvalue weighted by molar-refractivity contribution is 0.0389. The number of ether oxygens (including phenoxy) is 3. The Hall–Kier alpha value is -0.890. The highest BCUT2D eigenvalue weighted by atomic mass is 16.5. The lowest BCUT2D eigenvalue weighted by Crippen LogP contribution is -2.44. The normalized spacial score (nSPS) is 17.0. The van der Waals surface area contributed by atoms with Gasteiger partial charge in [0.25, 0.3) is 0 Å². The largest absolute Gasteiger partial charge is 0.382 e. The van der Waals surface area contributed by atoms with Crippen molar-refractivity contribution in [3.63, 3.8) is 0 Å². The van der Waals surface area contributed by atoms with Crippen LogP contribution in [0.1, 0.15) is 6.42 Å². The maximum absolute atomic E-state index is 5.41. The Morgan fingerprint density at radius 2 is 1.90 bits per heavy atom. The van der Waals surface area contributed by atoms with Crippen LogP contribution in [0, 0.1) is 0 Å². The summed E-state index contributed by atoms with van der Waals surface area (Å²) in [5.74, 6) is 0.847. The van der Waals surface area contributed by atoms with E-state index in [1.807, 2.05) is 0 Å². The van der Waals surface area contributed by atoms with Gasteiger partial charge in [-0.25, -0.2) is 0 Å². The first-order chi connectivity index (χ1) is 10.4. The molecule has 1 heterocycles. The second-order valence-corrected chi connectivity index (χ2v) is 4.84. The van der Waals surface area contributed by atoms with E-state index >= 15 is 0 Å². The van der Waals surface area contributed by atoms with E-state index in [1.165, 1.54) is 0 Å². The maximum atomic E-state index is 5.41. The molecule has 0 aromatic carbocycles. The van der Waals surface area contributed by atoms with E-state index in [2.05, 4.69) is 20.5 Å². The van der Waals surface area contributed by atoms with Gasteiger partial charge in [-0.1, -0.05) is 0 Å². The summed E-state index contributed by atoms with van der Waals surface area (Å²) >= 11 is 0. The molecular formula is C14H30N4O3. The fraction of sp³-hybridized carbons (Fsp3) is 0.929. The standard InChI is InChI=1S/C14H30N4O3/c1-15-14(16-4-3-9-20-13-12-19-2)17-5-6-18-7-10-21-11-8-18/h3-13H2,1-2H3,(H2,15,16,17). The van der Waals surface area contributed by atoms with Gasteiger partial charge >= 0.3 is 0 Å². The fourth-order valence-corrected chi connectivity index (χ4v) is 2.00. The number of methoxy groups -OCH3 is 1. The molecule has 21 heavy (non-hydrogen) atoms. The summed E-state index contributed by atoms with van der Waals surface area (Å²) in [4.78, 5) is 6.60. The summed E-state index contributed by atoms with van der Waals surface area (Å²) in [5, 5.41) is 6.61. The van der Waals surface area contributed by atoms with Crippen molar-refractivity contribution < 1.29 is 14.2 Å². The number of hydrogen-bond donors (Lipinski definition) is 2. The number of nitrogens with one attached hydrogen (secondary N) is 2. The van der Waals surface area contributed by atoms with Gasteiger partial charge in [-0.2, -0.15) is 0 Å². The van der Waals surface area contributed by atoms with Gasteiger partial charge in [0.2, 0.25) is 0 Å². The lowest BCUT2D eigenvalue weighted by Gasteiger charge is -2.26. The van der Waals surface area contributed by atoms with Gasteiger partial charge in [-0.3, -0.25) is 9.89 Å². The molecule has 0 atom stereocenters. The third-order valence-electron chi connectivity index (χ3n) is 3.24. The van der Waals surface area contributed by atoms with Crippen LogP contribution in [0.2, 0.25) is 0 Å². The predicted octanol–water partition coefficient (Wildman–Crippen LogP) is -0.463. The Kier molecular flexibility index (Phi) is 11.1. The van der Waals surface area contributed by atoms with Gasteiger partial charge in [-0.15, -0.1) is 0 Å². The van der Waals surface area contributed by atoms with E-state index in [0.717, 1.165) is 64.9 Å². The van der Waals surface area contributed by atoms with Crippen molar-refractivity contribution in [3.05, 3.63) is 0 Å². The number of rotatable bonds is 10. The first-order valence-corrected chi connectivity index (χ1v) is 7.68. The van der Waals surface area contributed by atoms with E-state index in [-0.39, 0.29) is 0 Å². The molecule has 1 fully saturated rings. The highest BCUT2D eigenvalue weighted by molar-refractivity contribution is 5.79. The topological polar surface area (TPSA) is 67.4 Å². The first-order valence-electron chi connectivity index (χ1n) is 7.68. The molecule has 7 heteroatoms. The van der Waals surface area contributed by atoms with E-state index in [9.17, 15) is 0 Å². The van der Waals surface area contributed by atoms with Crippen molar-refractivity contribution >= 4 is 5.96 Å². The fourth-order valence-electron chi connectivity index (χ4n) is 2.00. The summed E-state index contributed by atoms with van der Waals surface area (Å²) in [6.07, 6.45) is 0.952. The summed E-state index contributed by atoms with van der Waals surface area (Å²) in [6, 6.07) is 0. The van der Waals surface area contributed by atoms with E-state index in [0.29, 0.717) is 13.2 Å². The molecule has 0 amide bonds. The van der Waals surface area contributed by atoms with Crippen molar-refractivity contribution in [1.82, 2.24) is 15.5 Å². The molecule has 0 aromatic rings. The Morgan fingerprint density at radius 1 is 1.14 bits per heavy atom. The van der Waals surface area contributed by atoms with E-state index < -0.39 is 0 Å². The lowest BCUT2D eigenvalue weighted by atomic mass is 10.4. The molecule has 0 aliphatic carbocycles. The molecule has 1 aliphatic rings. The van der Waals surface area contributed by atoms with Crippen LogP contribution in [0.15, 0.2) is 4.99 Å². The Labute approximate surface area is 128 Å². The molecule has 0 radical (unpaired) electrons. The smallest absolute Gasteiger partial charge is 0.191 e. The van der Waals surface area contributed by atoms with Crippen LogP contribution in [0.3, 0.4) is 0 Å². The predicted molar refractivity (Wildman–Crippen MR) is 83.9 cm³/mol. The zero-order valence-corrected chi connectivity index (χ0v) is 13.4. The minimum absolute atomic E-state index is 0.651. The van der Waals surface area contributed by atoms with Gasteiger partial charge in [0.1, 0.15) is 0 Å². The van der Waals surface area contributed by atoms with Gasteiger partial charge in [0.15, 0.2) is 5.96 Å². The van der Waals surface area contributed by atoms with Crippen LogP contribution >= 0.6 is 0 Å². The summed E-state index contributed by atoms with van der Waals surface area (Å²) in [6.45, 7) is 8.53. The zero-order valence-electron chi connectivity index (χ0n) is 13.4. The Balaban J connectivity index is 1.96. The minimum atomic E-state index is 0.651. The second kappa shape index (κ2) is 12.8. The van der Waals surface area contributed by atoms with Crippen LogP contribution in [-0.2, 0) is 14.2 Å². The molecule has 2 N–H and O–H groups in total. The molecule has 0 bridgehead atoms. The van der Waals surface area contributed by atoms with Crippen molar-refractivity contribution in [2.24, 2.45) is 4.99 Å². The summed E-state index contributed by atoms with van der Waals surface area (Å²) in [7, 11) is 3.47. The van der Waals surface area contributed by atoms with Gasteiger partial charge in [-0.05, 0) is 6.42 Å². The number of guanidine groups is 1. The Bertz CT molecular complexity index is 271. The molecule has 1 aliphatic heterocycles. The molecular weight excluding hydrogens is 272 g/mol.